The summed E-state index contributed by atoms with van der Waals surface area (Å²) in [5, 5.41) is 20.5. The largest absolute Gasteiger partial charge is 0.396 e. The molecule has 7 nitrogen and oxygen atoms in total. The van der Waals surface area contributed by atoms with Crippen molar-refractivity contribution in [2.45, 2.75) is 26.2 Å². The number of aliphatic hydroxyl groups excluding tert-OH is 1. The molecule has 0 aliphatic carbocycles. The summed E-state index contributed by atoms with van der Waals surface area (Å²) in [6.07, 6.45) is 4.81. The Morgan fingerprint density at radius 2 is 2.19 bits per heavy atom. The third-order valence-corrected chi connectivity index (χ3v) is 4.00. The van der Waals surface area contributed by atoms with Crippen molar-refractivity contribution in [1.82, 2.24) is 20.2 Å². The van der Waals surface area contributed by atoms with Gasteiger partial charge in [-0.15, -0.1) is 0 Å². The second kappa shape index (κ2) is 6.26. The molecule has 1 aliphatic rings. The first kappa shape index (κ1) is 14.1. The number of fused-ring (bicyclic) bond motifs is 1. The Hall–Kier alpha value is -1.89. The summed E-state index contributed by atoms with van der Waals surface area (Å²) in [6, 6.07) is 0. The first-order valence-corrected chi connectivity index (χ1v) is 7.62. The Morgan fingerprint density at radius 1 is 1.38 bits per heavy atom. The average Bonchev–Trinajstić information content (AvgIpc) is 3.00. The average molecular weight is 290 g/mol. The molecule has 0 bridgehead atoms. The summed E-state index contributed by atoms with van der Waals surface area (Å²) in [4.78, 5) is 11.4. The molecule has 3 heterocycles. The lowest BCUT2D eigenvalue weighted by atomic mass is 9.98. The van der Waals surface area contributed by atoms with Crippen molar-refractivity contribution in [1.29, 1.82) is 0 Å². The fourth-order valence-corrected chi connectivity index (χ4v) is 2.70. The van der Waals surface area contributed by atoms with Gasteiger partial charge in [0.15, 0.2) is 5.65 Å². The molecule has 1 saturated heterocycles. The number of piperidine rings is 1. The van der Waals surface area contributed by atoms with Crippen molar-refractivity contribution in [2.24, 2.45) is 5.92 Å². The lowest BCUT2D eigenvalue weighted by Crippen LogP contribution is -2.35. The van der Waals surface area contributed by atoms with Gasteiger partial charge >= 0.3 is 0 Å². The van der Waals surface area contributed by atoms with Crippen molar-refractivity contribution in [2.75, 3.05) is 36.5 Å². The molecule has 1 fully saturated rings. The normalized spacial score (nSPS) is 16.6. The van der Waals surface area contributed by atoms with Gasteiger partial charge in [-0.2, -0.15) is 15.1 Å². The third-order valence-electron chi connectivity index (χ3n) is 4.00. The van der Waals surface area contributed by atoms with Gasteiger partial charge in [0.25, 0.3) is 0 Å². The molecule has 21 heavy (non-hydrogen) atoms. The zero-order valence-electron chi connectivity index (χ0n) is 12.3. The van der Waals surface area contributed by atoms with Crippen LogP contribution >= 0.6 is 0 Å². The zero-order chi connectivity index (χ0) is 14.7. The van der Waals surface area contributed by atoms with E-state index in [1.54, 1.807) is 6.20 Å². The van der Waals surface area contributed by atoms with Crippen LogP contribution in [0.5, 0.6) is 0 Å². The van der Waals surface area contributed by atoms with Gasteiger partial charge < -0.3 is 15.3 Å². The summed E-state index contributed by atoms with van der Waals surface area (Å²) in [6.45, 7) is 5.07. The van der Waals surface area contributed by atoms with E-state index in [9.17, 15) is 5.11 Å². The van der Waals surface area contributed by atoms with Crippen molar-refractivity contribution < 1.29 is 5.11 Å². The minimum absolute atomic E-state index is 0.280. The molecule has 0 unspecified atom stereocenters. The molecule has 2 aromatic heterocycles. The SMILES string of the molecule is CCCNc1nc(N2CCC(CO)CC2)c2cn[nH]c2n1. The van der Waals surface area contributed by atoms with E-state index < -0.39 is 0 Å². The summed E-state index contributed by atoms with van der Waals surface area (Å²) in [5.41, 5.74) is 0.767. The maximum Gasteiger partial charge on any atom is 0.226 e. The maximum absolute atomic E-state index is 9.26. The predicted molar refractivity (Wildman–Crippen MR) is 82.5 cm³/mol. The number of anilines is 2. The van der Waals surface area contributed by atoms with Crippen LogP contribution in [-0.2, 0) is 0 Å². The van der Waals surface area contributed by atoms with Crippen LogP contribution in [0, 0.1) is 5.92 Å². The van der Waals surface area contributed by atoms with E-state index in [4.69, 9.17) is 0 Å². The first-order valence-electron chi connectivity index (χ1n) is 7.62. The second-order valence-electron chi connectivity index (χ2n) is 5.54. The Bertz CT molecular complexity index is 590. The van der Waals surface area contributed by atoms with E-state index in [0.717, 1.165) is 55.7 Å². The fraction of sp³-hybridized carbons (Fsp3) is 0.643. The van der Waals surface area contributed by atoms with Gasteiger partial charge in [0.1, 0.15) is 5.82 Å². The highest BCUT2D eigenvalue weighted by atomic mass is 16.3. The smallest absolute Gasteiger partial charge is 0.226 e. The van der Waals surface area contributed by atoms with Crippen LogP contribution in [0.25, 0.3) is 11.0 Å². The van der Waals surface area contributed by atoms with Crippen molar-refractivity contribution in [3.8, 4) is 0 Å². The van der Waals surface area contributed by atoms with Crippen LogP contribution in [0.2, 0.25) is 0 Å². The van der Waals surface area contributed by atoms with Gasteiger partial charge in [-0.3, -0.25) is 5.10 Å². The van der Waals surface area contributed by atoms with Gasteiger partial charge in [-0.05, 0) is 25.2 Å². The first-order chi connectivity index (χ1) is 10.3. The van der Waals surface area contributed by atoms with E-state index in [2.05, 4.69) is 37.3 Å². The third kappa shape index (κ3) is 2.92. The van der Waals surface area contributed by atoms with E-state index >= 15 is 0 Å². The van der Waals surface area contributed by atoms with E-state index in [1.165, 1.54) is 0 Å². The lowest BCUT2D eigenvalue weighted by Gasteiger charge is -2.32. The molecular weight excluding hydrogens is 268 g/mol. The molecule has 0 atom stereocenters. The van der Waals surface area contributed by atoms with Gasteiger partial charge in [0, 0.05) is 26.2 Å². The number of aromatic amines is 1. The highest BCUT2D eigenvalue weighted by molar-refractivity contribution is 5.87. The van der Waals surface area contributed by atoms with Crippen LogP contribution in [0.3, 0.4) is 0 Å². The number of rotatable bonds is 5. The summed E-state index contributed by atoms with van der Waals surface area (Å²) in [7, 11) is 0. The van der Waals surface area contributed by atoms with Gasteiger partial charge in [-0.25, -0.2) is 0 Å². The topological polar surface area (TPSA) is 90.0 Å². The van der Waals surface area contributed by atoms with E-state index in [0.29, 0.717) is 11.9 Å². The molecule has 0 aromatic carbocycles. The van der Waals surface area contributed by atoms with Crippen LogP contribution in [-0.4, -0.2) is 51.5 Å². The van der Waals surface area contributed by atoms with E-state index in [-0.39, 0.29) is 6.61 Å². The Kier molecular flexibility index (Phi) is 4.19. The molecule has 2 aromatic rings. The molecule has 0 saturated carbocycles. The monoisotopic (exact) mass is 290 g/mol. The number of hydrogen-bond donors (Lipinski definition) is 3. The minimum atomic E-state index is 0.280. The van der Waals surface area contributed by atoms with Gasteiger partial charge in [-0.1, -0.05) is 6.92 Å². The zero-order valence-corrected chi connectivity index (χ0v) is 12.3. The van der Waals surface area contributed by atoms with Gasteiger partial charge in [0.2, 0.25) is 5.95 Å². The standard InChI is InChI=1S/C14H22N6O/c1-2-5-15-14-17-12-11(8-16-19-12)13(18-14)20-6-3-10(9-21)4-7-20/h8,10,21H,2-7,9H2,1H3,(H2,15,16,17,18,19). The molecule has 0 spiro atoms. The highest BCUT2D eigenvalue weighted by Crippen LogP contribution is 2.28. The fourth-order valence-electron chi connectivity index (χ4n) is 2.70. The number of hydrogen-bond acceptors (Lipinski definition) is 6. The lowest BCUT2D eigenvalue weighted by molar-refractivity contribution is 0.203. The quantitative estimate of drug-likeness (QED) is 0.771. The van der Waals surface area contributed by atoms with E-state index in [1.807, 2.05) is 0 Å². The molecule has 0 radical (unpaired) electrons. The van der Waals surface area contributed by atoms with Crippen molar-refractivity contribution >= 4 is 22.8 Å². The maximum atomic E-state index is 9.26. The summed E-state index contributed by atoms with van der Waals surface area (Å²) in [5.74, 6) is 2.00. The van der Waals surface area contributed by atoms with Crippen LogP contribution in [0.1, 0.15) is 26.2 Å². The highest BCUT2D eigenvalue weighted by Gasteiger charge is 2.22. The van der Waals surface area contributed by atoms with Crippen LogP contribution < -0.4 is 10.2 Å². The minimum Gasteiger partial charge on any atom is -0.396 e. The molecule has 3 rings (SSSR count). The van der Waals surface area contributed by atoms with Crippen LogP contribution in [0.4, 0.5) is 11.8 Å². The Morgan fingerprint density at radius 3 is 2.90 bits per heavy atom. The van der Waals surface area contributed by atoms with Crippen molar-refractivity contribution in [3.05, 3.63) is 6.20 Å². The molecule has 7 heteroatoms. The molecule has 3 N–H and O–H groups in total. The Labute approximate surface area is 123 Å². The number of nitrogens with one attached hydrogen (secondary N) is 2. The molecule has 0 amide bonds. The molecule has 114 valence electrons. The molecule has 1 aliphatic heterocycles. The number of aliphatic hydroxyl groups is 1. The molecular formula is C14H22N6O. The summed E-state index contributed by atoms with van der Waals surface area (Å²) >= 11 is 0. The van der Waals surface area contributed by atoms with Crippen molar-refractivity contribution in [3.63, 3.8) is 0 Å². The Balaban J connectivity index is 1.87. The number of aromatic nitrogens is 4. The second-order valence-corrected chi connectivity index (χ2v) is 5.54. The van der Waals surface area contributed by atoms with Gasteiger partial charge in [0.05, 0.1) is 11.6 Å². The number of nitrogens with zero attached hydrogens (tertiary/aromatic N) is 4. The predicted octanol–water partition coefficient (Wildman–Crippen LogP) is 1.38. The number of H-pyrrole nitrogens is 1. The summed E-state index contributed by atoms with van der Waals surface area (Å²) < 4.78 is 0. The van der Waals surface area contributed by atoms with Crippen LogP contribution in [0.15, 0.2) is 6.20 Å².